The molecule has 2 aliphatic heterocycles. The fraction of sp³-hybridized carbons (Fsp3) is 0.600. The second-order valence-corrected chi connectivity index (χ2v) is 4.97. The van der Waals surface area contributed by atoms with E-state index >= 15 is 0 Å². The topological polar surface area (TPSA) is 69.6 Å². The number of fused-ring (bicyclic) bond motifs is 1. The Morgan fingerprint density at radius 1 is 1.69 bits per heavy atom. The number of carbonyl (C=O) groups excluding carboxylic acids is 2. The van der Waals surface area contributed by atoms with Crippen LogP contribution in [0.15, 0.2) is 11.0 Å². The molecule has 2 aliphatic rings. The van der Waals surface area contributed by atoms with E-state index in [1.54, 1.807) is 4.90 Å². The van der Waals surface area contributed by atoms with Gasteiger partial charge in [-0.3, -0.25) is 9.59 Å². The Hall–Kier alpha value is -1.01. The van der Waals surface area contributed by atoms with Gasteiger partial charge in [-0.05, 0) is 17.9 Å². The molecular weight excluding hydrogens is 228 g/mol. The third-order valence-corrected chi connectivity index (χ3v) is 4.15. The van der Waals surface area contributed by atoms with Crippen LogP contribution >= 0.6 is 11.8 Å². The van der Waals surface area contributed by atoms with E-state index in [1.165, 1.54) is 18.7 Å². The van der Waals surface area contributed by atoms with Gasteiger partial charge in [-0.25, -0.2) is 0 Å². The lowest BCUT2D eigenvalue weighted by atomic mass is 10.00. The Bertz CT molecular complexity index is 369. The Morgan fingerprint density at radius 3 is 2.94 bits per heavy atom. The number of aliphatic hydroxyl groups excluding tert-OH is 1. The second-order valence-electron chi connectivity index (χ2n) is 3.98. The first-order valence-corrected chi connectivity index (χ1v) is 6.05. The SMILES string of the molecule is CC(=O)NC1C(=O)N2C(C)C(CO)=CSC12. The highest BCUT2D eigenvalue weighted by atomic mass is 32.2. The standard InChI is InChI=1S/C10H14N2O3S/c1-5-7(3-13)4-16-10-8(11-6(2)14)9(15)12(5)10/h4-5,8,10,13H,3H2,1-2H3,(H,11,14). The molecule has 0 bridgehead atoms. The zero-order valence-electron chi connectivity index (χ0n) is 9.14. The first-order chi connectivity index (χ1) is 7.56. The molecule has 88 valence electrons. The van der Waals surface area contributed by atoms with Gasteiger partial charge in [0, 0.05) is 6.92 Å². The summed E-state index contributed by atoms with van der Waals surface area (Å²) >= 11 is 1.47. The van der Waals surface area contributed by atoms with Crippen molar-refractivity contribution < 1.29 is 14.7 Å². The number of hydrogen-bond acceptors (Lipinski definition) is 4. The van der Waals surface area contributed by atoms with Gasteiger partial charge in [0.25, 0.3) is 0 Å². The highest BCUT2D eigenvalue weighted by Crippen LogP contribution is 2.39. The van der Waals surface area contributed by atoms with E-state index in [1.807, 2.05) is 12.3 Å². The number of aliphatic hydroxyl groups is 1. The van der Waals surface area contributed by atoms with Crippen molar-refractivity contribution in [3.8, 4) is 0 Å². The molecule has 3 atom stereocenters. The summed E-state index contributed by atoms with van der Waals surface area (Å²) in [5.41, 5.74) is 0.843. The van der Waals surface area contributed by atoms with Crippen molar-refractivity contribution in [3.63, 3.8) is 0 Å². The number of β-lactam (4-membered cyclic amide) rings is 1. The summed E-state index contributed by atoms with van der Waals surface area (Å²) < 4.78 is 0. The van der Waals surface area contributed by atoms with Crippen molar-refractivity contribution >= 4 is 23.6 Å². The molecular formula is C10H14N2O3S. The Morgan fingerprint density at radius 2 is 2.38 bits per heavy atom. The van der Waals surface area contributed by atoms with E-state index in [0.29, 0.717) is 0 Å². The lowest BCUT2D eigenvalue weighted by Gasteiger charge is -2.51. The molecule has 6 heteroatoms. The first kappa shape index (κ1) is 11.5. The van der Waals surface area contributed by atoms with Gasteiger partial charge in [-0.2, -0.15) is 0 Å². The van der Waals surface area contributed by atoms with E-state index in [2.05, 4.69) is 5.32 Å². The van der Waals surface area contributed by atoms with Crippen molar-refractivity contribution in [2.45, 2.75) is 31.3 Å². The number of carbonyl (C=O) groups is 2. The zero-order valence-corrected chi connectivity index (χ0v) is 9.95. The zero-order chi connectivity index (χ0) is 11.9. The largest absolute Gasteiger partial charge is 0.392 e. The Labute approximate surface area is 97.9 Å². The second kappa shape index (κ2) is 4.10. The van der Waals surface area contributed by atoms with E-state index in [4.69, 9.17) is 5.11 Å². The fourth-order valence-corrected chi connectivity index (χ4v) is 3.34. The summed E-state index contributed by atoms with van der Waals surface area (Å²) in [6, 6.07) is -0.491. The number of hydrogen-bond donors (Lipinski definition) is 2. The van der Waals surface area contributed by atoms with Crippen molar-refractivity contribution in [1.82, 2.24) is 10.2 Å². The molecule has 2 N–H and O–H groups in total. The van der Waals surface area contributed by atoms with Gasteiger partial charge in [-0.1, -0.05) is 0 Å². The number of rotatable bonds is 2. The predicted octanol–water partition coefficient (Wildman–Crippen LogP) is -0.329. The van der Waals surface area contributed by atoms with Crippen molar-refractivity contribution in [3.05, 3.63) is 11.0 Å². The van der Waals surface area contributed by atoms with E-state index in [9.17, 15) is 9.59 Å². The van der Waals surface area contributed by atoms with Crippen LogP contribution in [0.4, 0.5) is 0 Å². The number of thioether (sulfide) groups is 1. The number of nitrogens with zero attached hydrogens (tertiary/aromatic N) is 1. The molecule has 16 heavy (non-hydrogen) atoms. The van der Waals surface area contributed by atoms with Crippen molar-refractivity contribution in [2.75, 3.05) is 6.61 Å². The van der Waals surface area contributed by atoms with Gasteiger partial charge in [-0.15, -0.1) is 11.8 Å². The Kier molecular flexibility index (Phi) is 2.94. The third-order valence-electron chi connectivity index (χ3n) is 2.93. The molecule has 2 amide bonds. The molecule has 2 rings (SSSR count). The van der Waals surface area contributed by atoms with E-state index in [0.717, 1.165) is 5.57 Å². The van der Waals surface area contributed by atoms with E-state index < -0.39 is 6.04 Å². The molecule has 0 aromatic rings. The van der Waals surface area contributed by atoms with Crippen LogP contribution in [0.3, 0.4) is 0 Å². The number of amides is 2. The fourth-order valence-electron chi connectivity index (χ4n) is 2.00. The highest BCUT2D eigenvalue weighted by Gasteiger charge is 2.52. The molecule has 0 aromatic carbocycles. The molecule has 0 radical (unpaired) electrons. The summed E-state index contributed by atoms with van der Waals surface area (Å²) in [4.78, 5) is 24.4. The van der Waals surface area contributed by atoms with Crippen LogP contribution in [0.5, 0.6) is 0 Å². The van der Waals surface area contributed by atoms with Gasteiger partial charge in [0.1, 0.15) is 11.4 Å². The van der Waals surface area contributed by atoms with Crippen LogP contribution in [0, 0.1) is 0 Å². The van der Waals surface area contributed by atoms with Gasteiger partial charge >= 0.3 is 0 Å². The smallest absolute Gasteiger partial charge is 0.249 e. The van der Waals surface area contributed by atoms with Gasteiger partial charge in [0.15, 0.2) is 0 Å². The quantitative estimate of drug-likeness (QED) is 0.651. The molecule has 0 saturated carbocycles. The lowest BCUT2D eigenvalue weighted by Crippen LogP contribution is -2.72. The summed E-state index contributed by atoms with van der Waals surface area (Å²) in [5.74, 6) is -0.262. The van der Waals surface area contributed by atoms with Crippen LogP contribution in [-0.2, 0) is 9.59 Å². The minimum Gasteiger partial charge on any atom is -0.392 e. The molecule has 3 unspecified atom stereocenters. The normalized spacial score (nSPS) is 32.7. The first-order valence-electron chi connectivity index (χ1n) is 5.10. The van der Waals surface area contributed by atoms with E-state index in [-0.39, 0.29) is 29.8 Å². The molecule has 0 aliphatic carbocycles. The van der Waals surface area contributed by atoms with Crippen LogP contribution in [-0.4, -0.2) is 45.9 Å². The minimum atomic E-state index is -0.415. The highest BCUT2D eigenvalue weighted by molar-refractivity contribution is 8.02. The summed E-state index contributed by atoms with van der Waals surface area (Å²) in [7, 11) is 0. The predicted molar refractivity (Wildman–Crippen MR) is 60.5 cm³/mol. The maximum atomic E-state index is 11.8. The minimum absolute atomic E-state index is 0.0262. The summed E-state index contributed by atoms with van der Waals surface area (Å²) in [5, 5.41) is 13.6. The van der Waals surface area contributed by atoms with Crippen LogP contribution in [0.1, 0.15) is 13.8 Å². The molecule has 5 nitrogen and oxygen atoms in total. The molecule has 2 heterocycles. The molecule has 0 aromatic heterocycles. The van der Waals surface area contributed by atoms with Crippen LogP contribution < -0.4 is 5.32 Å². The molecule has 1 fully saturated rings. The molecule has 0 spiro atoms. The third kappa shape index (κ3) is 1.62. The van der Waals surface area contributed by atoms with Gasteiger partial charge < -0.3 is 15.3 Å². The van der Waals surface area contributed by atoms with Gasteiger partial charge in [0.2, 0.25) is 11.8 Å². The maximum absolute atomic E-state index is 11.8. The van der Waals surface area contributed by atoms with Crippen molar-refractivity contribution in [2.24, 2.45) is 0 Å². The molecule has 1 saturated heterocycles. The average Bonchev–Trinajstić information content (AvgIpc) is 2.25. The Balaban J connectivity index is 2.12. The van der Waals surface area contributed by atoms with Crippen molar-refractivity contribution in [1.29, 1.82) is 0 Å². The summed E-state index contributed by atoms with van der Waals surface area (Å²) in [6.45, 7) is 3.26. The monoisotopic (exact) mass is 242 g/mol. The average molecular weight is 242 g/mol. The van der Waals surface area contributed by atoms with Crippen LogP contribution in [0.2, 0.25) is 0 Å². The van der Waals surface area contributed by atoms with Crippen LogP contribution in [0.25, 0.3) is 0 Å². The number of nitrogens with one attached hydrogen (secondary N) is 1. The van der Waals surface area contributed by atoms with Gasteiger partial charge in [0.05, 0.1) is 12.6 Å². The lowest BCUT2D eigenvalue weighted by molar-refractivity contribution is -0.150. The maximum Gasteiger partial charge on any atom is 0.249 e. The summed E-state index contributed by atoms with van der Waals surface area (Å²) in [6.07, 6.45) is 0.